The van der Waals surface area contributed by atoms with E-state index in [4.69, 9.17) is 4.74 Å². The molecule has 0 bridgehead atoms. The van der Waals surface area contributed by atoms with Crippen LogP contribution in [-0.4, -0.2) is 27.7 Å². The molecule has 4 aromatic rings. The summed E-state index contributed by atoms with van der Waals surface area (Å²) >= 11 is 1.18. The van der Waals surface area contributed by atoms with Crippen molar-refractivity contribution in [3.63, 3.8) is 0 Å². The number of aromatic nitrogens is 3. The lowest BCUT2D eigenvalue weighted by atomic mass is 10.0. The molecular formula is C29H24F2N4O2S. The highest BCUT2D eigenvalue weighted by Gasteiger charge is 2.19. The van der Waals surface area contributed by atoms with Crippen LogP contribution < -0.4 is 4.74 Å². The third-order valence-electron chi connectivity index (χ3n) is 5.76. The number of nitrogens with zero attached hydrogens (tertiary/aromatic N) is 4. The molecule has 38 heavy (non-hydrogen) atoms. The molecule has 0 unspecified atom stereocenters. The van der Waals surface area contributed by atoms with Gasteiger partial charge in [0.25, 0.3) is 6.43 Å². The minimum absolute atomic E-state index is 0.170. The minimum Gasteiger partial charge on any atom is -0.496 e. The maximum Gasteiger partial charge on any atom is 0.280 e. The van der Waals surface area contributed by atoms with E-state index in [9.17, 15) is 18.8 Å². The first-order chi connectivity index (χ1) is 18.4. The number of carbonyl (C=O) groups is 1. The van der Waals surface area contributed by atoms with Crippen LogP contribution in [0.3, 0.4) is 0 Å². The van der Waals surface area contributed by atoms with Gasteiger partial charge in [-0.05, 0) is 42.3 Å². The normalized spacial score (nSPS) is 11.2. The van der Waals surface area contributed by atoms with Crippen molar-refractivity contribution in [2.24, 2.45) is 0 Å². The van der Waals surface area contributed by atoms with Gasteiger partial charge in [0.2, 0.25) is 0 Å². The zero-order chi connectivity index (χ0) is 27.1. The number of aryl methyl sites for hydroxylation is 1. The summed E-state index contributed by atoms with van der Waals surface area (Å²) in [5, 5.41) is 14.2. The Morgan fingerprint density at radius 1 is 1.21 bits per heavy atom. The number of ether oxygens (including phenoxy) is 1. The molecule has 0 saturated carbocycles. The smallest absolute Gasteiger partial charge is 0.280 e. The molecule has 2 aromatic heterocycles. The molecule has 0 N–H and O–H groups in total. The van der Waals surface area contributed by atoms with Crippen LogP contribution in [0.2, 0.25) is 0 Å². The van der Waals surface area contributed by atoms with Crippen molar-refractivity contribution in [1.29, 1.82) is 5.26 Å². The maximum atomic E-state index is 13.7. The maximum absolute atomic E-state index is 13.7. The molecule has 0 atom stereocenters. The molecule has 0 aliphatic heterocycles. The standard InChI is InChI=1S/C29H24F2N4O2S/c1-3-35-17-22(16-33-35)26(36)11-9-19-10-12-27(37-2)21(13-19)18-38-29-24(15-32)23(14-25(34-29)28(30)31)20-7-5-4-6-8-20/h4-14,16-17,28H,3,18H2,1-2H3/b11-9+. The Morgan fingerprint density at radius 2 is 2.00 bits per heavy atom. The van der Waals surface area contributed by atoms with E-state index < -0.39 is 6.43 Å². The van der Waals surface area contributed by atoms with E-state index in [1.165, 1.54) is 37.2 Å². The van der Waals surface area contributed by atoms with Crippen molar-refractivity contribution < 1.29 is 18.3 Å². The quantitative estimate of drug-likeness (QED) is 0.125. The first-order valence-electron chi connectivity index (χ1n) is 11.8. The lowest BCUT2D eigenvalue weighted by Crippen LogP contribution is -1.99. The Morgan fingerprint density at radius 3 is 2.66 bits per heavy atom. The third-order valence-corrected chi connectivity index (χ3v) is 6.79. The summed E-state index contributed by atoms with van der Waals surface area (Å²) in [6.07, 6.45) is 3.62. The number of ketones is 1. The number of alkyl halides is 2. The van der Waals surface area contributed by atoms with Gasteiger partial charge in [-0.2, -0.15) is 10.4 Å². The van der Waals surface area contributed by atoms with Gasteiger partial charge in [-0.3, -0.25) is 9.48 Å². The van der Waals surface area contributed by atoms with Crippen LogP contribution in [0.25, 0.3) is 17.2 Å². The van der Waals surface area contributed by atoms with Gasteiger partial charge in [-0.1, -0.05) is 42.5 Å². The summed E-state index contributed by atoms with van der Waals surface area (Å²) in [5.74, 6) is 0.735. The molecule has 2 heterocycles. The second-order valence-electron chi connectivity index (χ2n) is 8.20. The average molecular weight is 531 g/mol. The highest BCUT2D eigenvalue weighted by atomic mass is 32.2. The molecule has 4 rings (SSSR count). The summed E-state index contributed by atoms with van der Waals surface area (Å²) < 4.78 is 34.6. The van der Waals surface area contributed by atoms with Gasteiger partial charge in [-0.25, -0.2) is 13.8 Å². The Labute approximate surface area is 223 Å². The number of carbonyl (C=O) groups excluding carboxylic acids is 1. The number of pyridine rings is 1. The number of nitriles is 1. The number of benzene rings is 2. The molecule has 0 spiro atoms. The predicted molar refractivity (Wildman–Crippen MR) is 143 cm³/mol. The van der Waals surface area contributed by atoms with Crippen molar-refractivity contribution in [2.75, 3.05) is 7.11 Å². The van der Waals surface area contributed by atoms with Gasteiger partial charge in [-0.15, -0.1) is 11.8 Å². The predicted octanol–water partition coefficient (Wildman–Crippen LogP) is 6.97. The van der Waals surface area contributed by atoms with E-state index in [1.54, 1.807) is 47.3 Å². The van der Waals surface area contributed by atoms with E-state index in [1.807, 2.05) is 25.1 Å². The summed E-state index contributed by atoms with van der Waals surface area (Å²) in [4.78, 5) is 16.6. The lowest BCUT2D eigenvalue weighted by Gasteiger charge is -2.13. The van der Waals surface area contributed by atoms with Gasteiger partial charge in [0.05, 0.1) is 24.4 Å². The lowest BCUT2D eigenvalue weighted by molar-refractivity contribution is 0.104. The number of thioether (sulfide) groups is 1. The highest BCUT2D eigenvalue weighted by Crippen LogP contribution is 2.36. The fourth-order valence-electron chi connectivity index (χ4n) is 3.80. The SMILES string of the molecule is CCn1cc(C(=O)/C=C/c2ccc(OC)c(CSc3nc(C(F)F)cc(-c4ccccc4)c3C#N)c2)cn1. The molecule has 9 heteroatoms. The molecule has 0 aliphatic carbocycles. The monoisotopic (exact) mass is 530 g/mol. The van der Waals surface area contributed by atoms with Crippen LogP contribution in [0.5, 0.6) is 5.75 Å². The van der Waals surface area contributed by atoms with Gasteiger partial charge >= 0.3 is 0 Å². The van der Waals surface area contributed by atoms with Crippen molar-refractivity contribution >= 4 is 23.6 Å². The molecule has 0 amide bonds. The number of rotatable bonds is 10. The van der Waals surface area contributed by atoms with E-state index in [2.05, 4.69) is 16.2 Å². The first-order valence-corrected chi connectivity index (χ1v) is 12.7. The molecule has 2 aromatic carbocycles. The average Bonchev–Trinajstić information content (AvgIpc) is 3.44. The molecule has 6 nitrogen and oxygen atoms in total. The number of allylic oxidation sites excluding steroid dienone is 1. The second kappa shape index (κ2) is 12.3. The third kappa shape index (κ3) is 6.15. The fraction of sp³-hybridized carbons (Fsp3) is 0.172. The van der Waals surface area contributed by atoms with Gasteiger partial charge in [0.1, 0.15) is 22.5 Å². The van der Waals surface area contributed by atoms with E-state index >= 15 is 0 Å². The topological polar surface area (TPSA) is 80.8 Å². The number of methoxy groups -OCH3 is 1. The molecule has 0 fully saturated rings. The van der Waals surface area contributed by atoms with Crippen LogP contribution >= 0.6 is 11.8 Å². The second-order valence-corrected chi connectivity index (χ2v) is 9.16. The van der Waals surface area contributed by atoms with Crippen molar-refractivity contribution in [1.82, 2.24) is 14.8 Å². The molecule has 0 saturated heterocycles. The number of hydrogen-bond donors (Lipinski definition) is 0. The fourth-order valence-corrected chi connectivity index (χ4v) is 4.79. The van der Waals surface area contributed by atoms with Gasteiger partial charge in [0, 0.05) is 29.6 Å². The van der Waals surface area contributed by atoms with Crippen LogP contribution in [0.4, 0.5) is 8.78 Å². The highest BCUT2D eigenvalue weighted by molar-refractivity contribution is 7.98. The molecule has 192 valence electrons. The Balaban J connectivity index is 1.62. The largest absolute Gasteiger partial charge is 0.496 e. The van der Waals surface area contributed by atoms with Crippen LogP contribution in [0.15, 0.2) is 78.1 Å². The first kappa shape index (κ1) is 26.8. The summed E-state index contributed by atoms with van der Waals surface area (Å²) in [7, 11) is 1.54. The van der Waals surface area contributed by atoms with E-state index in [-0.39, 0.29) is 22.1 Å². The number of halogens is 2. The summed E-state index contributed by atoms with van der Waals surface area (Å²) in [6.45, 7) is 2.61. The van der Waals surface area contributed by atoms with Crippen LogP contribution in [-0.2, 0) is 12.3 Å². The van der Waals surface area contributed by atoms with Crippen LogP contribution in [0.1, 0.15) is 46.1 Å². The zero-order valence-corrected chi connectivity index (χ0v) is 21.6. The molecule has 0 aliphatic rings. The number of hydrogen-bond acceptors (Lipinski definition) is 6. The van der Waals surface area contributed by atoms with Gasteiger partial charge in [0.15, 0.2) is 5.78 Å². The van der Waals surface area contributed by atoms with Crippen molar-refractivity contribution in [3.8, 4) is 22.9 Å². The van der Waals surface area contributed by atoms with E-state index in [0.29, 0.717) is 34.7 Å². The molecular weight excluding hydrogens is 506 g/mol. The summed E-state index contributed by atoms with van der Waals surface area (Å²) in [6, 6.07) is 17.8. The van der Waals surface area contributed by atoms with Gasteiger partial charge < -0.3 is 4.74 Å². The van der Waals surface area contributed by atoms with Crippen molar-refractivity contribution in [3.05, 3.63) is 101 Å². The Bertz CT molecular complexity index is 1510. The molecule has 0 radical (unpaired) electrons. The van der Waals surface area contributed by atoms with E-state index in [0.717, 1.165) is 11.1 Å². The Kier molecular flexibility index (Phi) is 8.66. The zero-order valence-electron chi connectivity index (χ0n) is 20.8. The summed E-state index contributed by atoms with van der Waals surface area (Å²) in [5.41, 5.74) is 2.94. The van der Waals surface area contributed by atoms with Crippen LogP contribution in [0, 0.1) is 11.3 Å². The minimum atomic E-state index is -2.78. The van der Waals surface area contributed by atoms with Crippen molar-refractivity contribution in [2.45, 2.75) is 30.7 Å². The Hall–Kier alpha value is -4.29.